The van der Waals surface area contributed by atoms with Gasteiger partial charge < -0.3 is 0 Å². The van der Waals surface area contributed by atoms with Crippen molar-refractivity contribution >= 4 is 52.7 Å². The van der Waals surface area contributed by atoms with Crippen LogP contribution in [0.25, 0.3) is 0 Å². The van der Waals surface area contributed by atoms with Crippen LogP contribution in [0, 0.1) is 0 Å². The van der Waals surface area contributed by atoms with E-state index in [-0.39, 0.29) is 45.1 Å². The van der Waals surface area contributed by atoms with Crippen LogP contribution in [0.1, 0.15) is 62.4 Å². The van der Waals surface area contributed by atoms with Gasteiger partial charge in [-0.1, -0.05) is 47.9 Å². The number of ketones is 2. The first kappa shape index (κ1) is 22.6. The molecular formula is C20H23ClO5S3. The second kappa shape index (κ2) is 8.21. The van der Waals surface area contributed by atoms with E-state index in [2.05, 4.69) is 13.8 Å². The molecule has 1 aromatic rings. The number of fused-ring (bicyclic) bond motifs is 1. The first-order chi connectivity index (χ1) is 13.5. The normalized spacial score (nSPS) is 21.7. The van der Waals surface area contributed by atoms with Crippen LogP contribution in [-0.2, 0) is 39.7 Å². The van der Waals surface area contributed by atoms with Crippen molar-refractivity contribution < 1.29 is 22.2 Å². The van der Waals surface area contributed by atoms with Crippen LogP contribution in [0.2, 0.25) is 5.02 Å². The van der Waals surface area contributed by atoms with Gasteiger partial charge >= 0.3 is 0 Å². The molecule has 5 nitrogen and oxygen atoms in total. The third-order valence-corrected chi connectivity index (χ3v) is 11.2. The zero-order chi connectivity index (χ0) is 21.6. The van der Waals surface area contributed by atoms with Crippen LogP contribution >= 0.6 is 11.6 Å². The van der Waals surface area contributed by atoms with Crippen LogP contribution in [0.4, 0.5) is 0 Å². The molecule has 0 bridgehead atoms. The fraction of sp³-hybridized carbons (Fsp3) is 0.500. The third kappa shape index (κ3) is 3.96. The van der Waals surface area contributed by atoms with Crippen LogP contribution in [0.15, 0.2) is 27.5 Å². The Morgan fingerprint density at radius 1 is 1.28 bits per heavy atom. The van der Waals surface area contributed by atoms with Gasteiger partial charge in [0.05, 0.1) is 21.3 Å². The lowest BCUT2D eigenvalue weighted by Crippen LogP contribution is -2.29. The maximum atomic E-state index is 13.3. The van der Waals surface area contributed by atoms with Gasteiger partial charge in [0.25, 0.3) is 0 Å². The molecular weight excluding hydrogens is 452 g/mol. The molecule has 1 heterocycles. The van der Waals surface area contributed by atoms with Crippen molar-refractivity contribution in [2.45, 2.75) is 56.8 Å². The molecule has 0 radical (unpaired) electrons. The van der Waals surface area contributed by atoms with Crippen LogP contribution < -0.4 is 0 Å². The fourth-order valence-corrected chi connectivity index (χ4v) is 8.93. The van der Waals surface area contributed by atoms with Crippen LogP contribution in [0.3, 0.4) is 0 Å². The monoisotopic (exact) mass is 474 g/mol. The second-order valence-corrected chi connectivity index (χ2v) is 13.8. The van der Waals surface area contributed by atoms with Crippen molar-refractivity contribution in [3.05, 3.63) is 38.8 Å². The highest BCUT2D eigenvalue weighted by molar-refractivity contribution is 8.31. The lowest BCUT2D eigenvalue weighted by atomic mass is 9.81. The predicted molar refractivity (Wildman–Crippen MR) is 117 cm³/mol. The van der Waals surface area contributed by atoms with E-state index in [0.29, 0.717) is 27.3 Å². The molecule has 3 rings (SSSR count). The number of hydrogen-bond donors (Lipinski definition) is 0. The molecule has 1 unspecified atom stereocenters. The molecule has 158 valence electrons. The van der Waals surface area contributed by atoms with Gasteiger partial charge in [-0.3, -0.25) is 9.59 Å². The fourth-order valence-electron chi connectivity index (χ4n) is 3.83. The summed E-state index contributed by atoms with van der Waals surface area (Å²) in [6.45, 7) is 5.63. The van der Waals surface area contributed by atoms with Gasteiger partial charge in [0, 0.05) is 22.6 Å². The highest BCUT2D eigenvalue weighted by Crippen LogP contribution is 2.42. The molecule has 0 N–H and O–H groups in total. The Balaban J connectivity index is 2.25. The minimum Gasteiger partial charge on any atom is -0.294 e. The summed E-state index contributed by atoms with van der Waals surface area (Å²) in [6, 6.07) is 3.37. The summed E-state index contributed by atoms with van der Waals surface area (Å²) >= 11 is 6.64. The average molecular weight is 475 g/mol. The lowest BCUT2D eigenvalue weighted by molar-refractivity contribution is -0.115. The Morgan fingerprint density at radius 3 is 2.59 bits per heavy atom. The quantitative estimate of drug-likeness (QED) is 0.490. The Labute approximate surface area is 181 Å². The Morgan fingerprint density at radius 2 is 1.97 bits per heavy atom. The number of sulfone groups is 1. The van der Waals surface area contributed by atoms with Crippen molar-refractivity contribution in [3.63, 3.8) is 0 Å². The largest absolute Gasteiger partial charge is 0.294 e. The summed E-state index contributed by atoms with van der Waals surface area (Å²) < 4.78 is 36.7. The first-order valence-electron chi connectivity index (χ1n) is 9.43. The minimum absolute atomic E-state index is 0.0763. The summed E-state index contributed by atoms with van der Waals surface area (Å²) in [5.74, 6) is -0.617. The van der Waals surface area contributed by atoms with E-state index >= 15 is 0 Å². The predicted octanol–water partition coefficient (Wildman–Crippen LogP) is 3.75. The van der Waals surface area contributed by atoms with Crippen LogP contribution in [-0.4, -0.2) is 35.7 Å². The Bertz CT molecular complexity index is 1110. The van der Waals surface area contributed by atoms with Gasteiger partial charge in [0.1, 0.15) is 10.2 Å². The summed E-state index contributed by atoms with van der Waals surface area (Å²) in [5.41, 5.74) is 0.590. The summed E-state index contributed by atoms with van der Waals surface area (Å²) in [6.07, 6.45) is 1.57. The van der Waals surface area contributed by atoms with Crippen molar-refractivity contribution in [2.75, 3.05) is 11.5 Å². The zero-order valence-electron chi connectivity index (χ0n) is 16.5. The molecule has 1 aromatic carbocycles. The molecule has 0 saturated carbocycles. The number of hydrogen-bond acceptors (Lipinski definition) is 5. The molecule has 1 atom stereocenters. The smallest absolute Gasteiger partial charge is 0.199 e. The molecule has 2 aliphatic rings. The van der Waals surface area contributed by atoms with Gasteiger partial charge in [-0.2, -0.15) is 0 Å². The molecule has 0 fully saturated rings. The third-order valence-electron chi connectivity index (χ3n) is 5.64. The van der Waals surface area contributed by atoms with E-state index in [4.69, 9.17) is 11.6 Å². The molecule has 1 aliphatic heterocycles. The minimum atomic E-state index is -3.68. The summed E-state index contributed by atoms with van der Waals surface area (Å²) in [5, 5.41) is 0.172. The van der Waals surface area contributed by atoms with Crippen molar-refractivity contribution in [2.24, 2.45) is 0 Å². The first-order valence-corrected chi connectivity index (χ1v) is 14.1. The van der Waals surface area contributed by atoms with Crippen molar-refractivity contribution in [1.29, 1.82) is 0 Å². The molecule has 1 aliphatic carbocycles. The zero-order valence-corrected chi connectivity index (χ0v) is 19.7. The van der Waals surface area contributed by atoms with E-state index in [1.165, 1.54) is 6.92 Å². The molecule has 29 heavy (non-hydrogen) atoms. The van der Waals surface area contributed by atoms with Gasteiger partial charge in [0.15, 0.2) is 21.4 Å². The molecule has 0 aromatic heterocycles. The van der Waals surface area contributed by atoms with Gasteiger partial charge in [0.2, 0.25) is 0 Å². The average Bonchev–Trinajstić information content (AvgIpc) is 2.68. The number of rotatable bonds is 4. The van der Waals surface area contributed by atoms with Gasteiger partial charge in [-0.05, 0) is 36.3 Å². The van der Waals surface area contributed by atoms with E-state index in [9.17, 15) is 22.2 Å². The van der Waals surface area contributed by atoms with Crippen molar-refractivity contribution in [1.82, 2.24) is 0 Å². The summed E-state index contributed by atoms with van der Waals surface area (Å²) in [7, 11) is -3.90. The Kier molecular flexibility index (Phi) is 6.40. The number of allylic oxidation sites excluding steroid dienone is 2. The second-order valence-electron chi connectivity index (χ2n) is 7.86. The van der Waals surface area contributed by atoms with Crippen LogP contribution in [0.5, 0.6) is 0 Å². The number of benzene rings is 1. The topological polar surface area (TPSA) is 85.3 Å². The number of carbonyl (C=O) groups excluding carboxylic acids is 2. The van der Waals surface area contributed by atoms with Crippen molar-refractivity contribution in [3.8, 4) is 0 Å². The van der Waals surface area contributed by atoms with E-state index in [1.54, 1.807) is 12.1 Å². The molecule has 0 saturated heterocycles. The molecule has 0 amide bonds. The molecule has 0 spiro atoms. The number of Topliss-reactive ketones (excluding diaryl/α,β-unsaturated/α-hetero) is 2. The SMILES string of the molecule is CCS(=O)(=O)C1=C(C(=O)c2ccc3c(c2Cl)S(=S=O)CCC3(C)C)C(=O)CCC1. The number of halogens is 1. The standard InChI is InChI=1S/C20H23ClO5S3/c1-4-29(25,26)15-7-5-6-14(22)16(15)18(23)12-8-9-13-19(17(12)21)28(27-24)11-10-20(13,2)3/h8-9H,4-7,10-11H2,1-3H3. The lowest BCUT2D eigenvalue weighted by Gasteiger charge is -2.34. The van der Waals surface area contributed by atoms with E-state index in [0.717, 1.165) is 12.0 Å². The summed E-state index contributed by atoms with van der Waals surface area (Å²) in [4.78, 5) is 26.5. The van der Waals surface area contributed by atoms with E-state index in [1.807, 2.05) is 0 Å². The van der Waals surface area contributed by atoms with Gasteiger partial charge in [-0.15, -0.1) is 0 Å². The van der Waals surface area contributed by atoms with E-state index < -0.39 is 30.9 Å². The highest BCUT2D eigenvalue weighted by atomic mass is 35.5. The molecule has 9 heteroatoms. The maximum Gasteiger partial charge on any atom is 0.199 e. The Hall–Kier alpha value is -1.09. The highest BCUT2D eigenvalue weighted by Gasteiger charge is 2.37. The number of carbonyl (C=O) groups is 2. The van der Waals surface area contributed by atoms with Gasteiger partial charge in [-0.25, -0.2) is 12.6 Å². The maximum absolute atomic E-state index is 13.3.